The molecule has 0 radical (unpaired) electrons. The van der Waals surface area contributed by atoms with Crippen LogP contribution in [0.5, 0.6) is 0 Å². The average molecular weight is 418 g/mol. The topological polar surface area (TPSA) is 54.9 Å². The van der Waals surface area contributed by atoms with Crippen LogP contribution < -0.4 is 5.32 Å². The maximum absolute atomic E-state index is 13.6. The van der Waals surface area contributed by atoms with E-state index in [0.29, 0.717) is 10.6 Å². The number of halogens is 1. The molecule has 4 saturated carbocycles. The van der Waals surface area contributed by atoms with Gasteiger partial charge in [0.25, 0.3) is 5.91 Å². The van der Waals surface area contributed by atoms with Gasteiger partial charge >= 0.3 is 0 Å². The Hall–Kier alpha value is -2.46. The van der Waals surface area contributed by atoms with Crippen LogP contribution in [0.25, 0.3) is 22.2 Å². The van der Waals surface area contributed by atoms with Gasteiger partial charge in [0.15, 0.2) is 0 Å². The van der Waals surface area contributed by atoms with Gasteiger partial charge in [-0.3, -0.25) is 9.78 Å². The lowest BCUT2D eigenvalue weighted by molar-refractivity contribution is -0.0166. The van der Waals surface area contributed by atoms with Gasteiger partial charge in [0.05, 0.1) is 16.8 Å². The Bertz CT molecular complexity index is 1110. The number of carbonyl (C=O) groups is 1. The molecule has 2 heterocycles. The highest BCUT2D eigenvalue weighted by atomic mass is 35.5. The van der Waals surface area contributed by atoms with E-state index < -0.39 is 0 Å². The van der Waals surface area contributed by atoms with Gasteiger partial charge in [-0.05, 0) is 92.7 Å². The molecule has 2 aromatic heterocycles. The minimum Gasteiger partial charge on any atom is -0.347 e. The van der Waals surface area contributed by atoms with Crippen LogP contribution in [0.2, 0.25) is 5.02 Å². The molecule has 0 spiro atoms. The van der Waals surface area contributed by atoms with Crippen LogP contribution in [0.1, 0.15) is 48.9 Å². The largest absolute Gasteiger partial charge is 0.347 e. The molecule has 1 amide bonds. The number of benzene rings is 1. The van der Waals surface area contributed by atoms with Crippen molar-refractivity contribution in [2.75, 3.05) is 0 Å². The fourth-order valence-corrected chi connectivity index (χ4v) is 6.79. The van der Waals surface area contributed by atoms with Crippen LogP contribution >= 0.6 is 11.6 Å². The van der Waals surface area contributed by atoms with E-state index >= 15 is 0 Å². The lowest BCUT2D eigenvalue weighted by Crippen LogP contribution is -2.59. The minimum absolute atomic E-state index is 0.00300. The molecule has 1 aromatic carbocycles. The first-order valence-electron chi connectivity index (χ1n) is 10.9. The molecule has 1 N–H and O–H groups in total. The lowest BCUT2D eigenvalue weighted by Gasteiger charge is -2.56. The van der Waals surface area contributed by atoms with E-state index in [1.165, 1.54) is 19.3 Å². The zero-order valence-corrected chi connectivity index (χ0v) is 17.5. The minimum atomic E-state index is -0.0333. The number of hydrogen-bond donors (Lipinski definition) is 1. The average Bonchev–Trinajstić information content (AvgIpc) is 2.72. The van der Waals surface area contributed by atoms with Gasteiger partial charge in [-0.2, -0.15) is 0 Å². The number of nitrogens with one attached hydrogen (secondary N) is 1. The van der Waals surface area contributed by atoms with Crippen molar-refractivity contribution >= 4 is 28.4 Å². The summed E-state index contributed by atoms with van der Waals surface area (Å²) in [6.07, 6.45) is 11.0. The van der Waals surface area contributed by atoms with Crippen molar-refractivity contribution in [1.29, 1.82) is 0 Å². The number of hydrogen-bond acceptors (Lipinski definition) is 3. The second-order valence-corrected chi connectivity index (χ2v) is 10.0. The van der Waals surface area contributed by atoms with Crippen molar-refractivity contribution in [1.82, 2.24) is 15.3 Å². The first-order chi connectivity index (χ1) is 14.6. The van der Waals surface area contributed by atoms with Gasteiger partial charge in [0.2, 0.25) is 0 Å². The third-order valence-corrected chi connectivity index (χ3v) is 7.62. The Balaban J connectivity index is 1.42. The summed E-state index contributed by atoms with van der Waals surface area (Å²) in [5.41, 5.74) is 3.05. The van der Waals surface area contributed by atoms with Gasteiger partial charge in [-0.25, -0.2) is 4.98 Å². The van der Waals surface area contributed by atoms with Crippen LogP contribution in [-0.2, 0) is 0 Å². The number of aromatic nitrogens is 2. The Morgan fingerprint density at radius 2 is 1.77 bits per heavy atom. The van der Waals surface area contributed by atoms with E-state index in [1.807, 2.05) is 36.4 Å². The Morgan fingerprint density at radius 1 is 1.03 bits per heavy atom. The van der Waals surface area contributed by atoms with Gasteiger partial charge in [-0.15, -0.1) is 0 Å². The standard InChI is InChI=1S/C25H24ClN3O/c26-19-3-4-22-20(9-19)21(10-23(28-22)18-2-1-5-27-14-18)24(30)29-25-11-15-6-16(12-25)8-17(7-15)13-25/h1-5,9-10,14-17H,6-8,11-13H2,(H,29,30). The molecule has 4 aliphatic rings. The summed E-state index contributed by atoms with van der Waals surface area (Å²) in [5, 5.41) is 4.92. The van der Waals surface area contributed by atoms with Crippen molar-refractivity contribution in [3.63, 3.8) is 0 Å². The number of pyridine rings is 2. The third kappa shape index (κ3) is 3.09. The zero-order valence-electron chi connectivity index (χ0n) is 16.8. The van der Waals surface area contributed by atoms with Crippen molar-refractivity contribution in [2.45, 2.75) is 44.1 Å². The second kappa shape index (κ2) is 6.78. The molecule has 4 nitrogen and oxygen atoms in total. The smallest absolute Gasteiger partial charge is 0.252 e. The number of rotatable bonds is 3. The van der Waals surface area contributed by atoms with Gasteiger partial charge in [0, 0.05) is 33.9 Å². The number of carbonyl (C=O) groups excluding carboxylic acids is 1. The summed E-state index contributed by atoms with van der Waals surface area (Å²) < 4.78 is 0. The van der Waals surface area contributed by atoms with Gasteiger partial charge in [0.1, 0.15) is 0 Å². The van der Waals surface area contributed by atoms with Crippen molar-refractivity contribution in [3.8, 4) is 11.3 Å². The highest BCUT2D eigenvalue weighted by Crippen LogP contribution is 2.55. The molecule has 0 saturated heterocycles. The molecule has 30 heavy (non-hydrogen) atoms. The predicted molar refractivity (Wildman–Crippen MR) is 118 cm³/mol. The second-order valence-electron chi connectivity index (χ2n) is 9.61. The van der Waals surface area contributed by atoms with E-state index in [-0.39, 0.29) is 11.4 Å². The molecule has 152 valence electrons. The highest BCUT2D eigenvalue weighted by Gasteiger charge is 2.51. The molecular weight excluding hydrogens is 394 g/mol. The molecule has 3 aromatic rings. The molecule has 7 rings (SSSR count). The van der Waals surface area contributed by atoms with E-state index in [2.05, 4.69) is 10.3 Å². The number of fused-ring (bicyclic) bond motifs is 1. The SMILES string of the molecule is O=C(NC12CC3CC(CC(C3)C1)C2)c1cc(-c2cccnc2)nc2ccc(Cl)cc12. The van der Waals surface area contributed by atoms with Crippen molar-refractivity contribution in [2.24, 2.45) is 17.8 Å². The lowest BCUT2D eigenvalue weighted by atomic mass is 9.53. The first kappa shape index (κ1) is 18.3. The summed E-state index contributed by atoms with van der Waals surface area (Å²) in [5.74, 6) is 2.35. The fourth-order valence-electron chi connectivity index (χ4n) is 6.62. The number of nitrogens with zero attached hydrogens (tertiary/aromatic N) is 2. The van der Waals surface area contributed by atoms with Crippen molar-refractivity contribution in [3.05, 3.63) is 59.4 Å². The maximum Gasteiger partial charge on any atom is 0.252 e. The highest BCUT2D eigenvalue weighted by molar-refractivity contribution is 6.31. The van der Waals surface area contributed by atoms with Crippen LogP contribution in [0.4, 0.5) is 0 Å². The van der Waals surface area contributed by atoms with E-state index in [1.54, 1.807) is 12.4 Å². The molecule has 4 fully saturated rings. The normalized spacial score (nSPS) is 29.3. The summed E-state index contributed by atoms with van der Waals surface area (Å²) in [6, 6.07) is 11.3. The van der Waals surface area contributed by atoms with E-state index in [0.717, 1.165) is 59.2 Å². The fraction of sp³-hybridized carbons (Fsp3) is 0.400. The molecule has 5 heteroatoms. The van der Waals surface area contributed by atoms with E-state index in [4.69, 9.17) is 16.6 Å². The molecular formula is C25H24ClN3O. The Kier molecular flexibility index (Phi) is 4.14. The summed E-state index contributed by atoms with van der Waals surface area (Å²) in [4.78, 5) is 22.6. The molecule has 4 bridgehead atoms. The molecule has 0 aliphatic heterocycles. The van der Waals surface area contributed by atoms with Gasteiger partial charge in [-0.1, -0.05) is 11.6 Å². The Labute approximate surface area is 181 Å². The Morgan fingerprint density at radius 3 is 2.43 bits per heavy atom. The number of amides is 1. The van der Waals surface area contributed by atoms with E-state index in [9.17, 15) is 4.79 Å². The maximum atomic E-state index is 13.6. The molecule has 4 aliphatic carbocycles. The van der Waals surface area contributed by atoms with Crippen LogP contribution in [0, 0.1) is 17.8 Å². The predicted octanol–water partition coefficient (Wildman–Crippen LogP) is 5.65. The monoisotopic (exact) mass is 417 g/mol. The quantitative estimate of drug-likeness (QED) is 0.599. The summed E-state index contributed by atoms with van der Waals surface area (Å²) in [7, 11) is 0. The van der Waals surface area contributed by atoms with Crippen LogP contribution in [-0.4, -0.2) is 21.4 Å². The summed E-state index contributed by atoms with van der Waals surface area (Å²) in [6.45, 7) is 0. The third-order valence-electron chi connectivity index (χ3n) is 7.39. The van der Waals surface area contributed by atoms with Gasteiger partial charge < -0.3 is 5.32 Å². The molecule has 0 atom stereocenters. The zero-order chi connectivity index (χ0) is 20.3. The summed E-state index contributed by atoms with van der Waals surface area (Å²) >= 11 is 6.28. The van der Waals surface area contributed by atoms with Crippen molar-refractivity contribution < 1.29 is 4.79 Å². The van der Waals surface area contributed by atoms with Crippen LogP contribution in [0.3, 0.4) is 0 Å². The van der Waals surface area contributed by atoms with Crippen LogP contribution in [0.15, 0.2) is 48.8 Å². The first-order valence-corrected chi connectivity index (χ1v) is 11.3. The molecule has 0 unspecified atom stereocenters.